The van der Waals surface area contributed by atoms with Crippen molar-refractivity contribution in [2.24, 2.45) is 0 Å². The van der Waals surface area contributed by atoms with E-state index >= 15 is 0 Å². The molecule has 0 aliphatic carbocycles. The Kier molecular flexibility index (Phi) is 7.99. The van der Waals surface area contributed by atoms with Gasteiger partial charge in [-0.3, -0.25) is 9.59 Å². The summed E-state index contributed by atoms with van der Waals surface area (Å²) in [6, 6.07) is 13.5. The number of rotatable bonds is 9. The highest BCUT2D eigenvalue weighted by atomic mass is 19.1. The quantitative estimate of drug-likeness (QED) is 0.715. The topological polar surface area (TPSA) is 58.6 Å². The number of nitrogens with one attached hydrogen (secondary N) is 1. The van der Waals surface area contributed by atoms with Crippen LogP contribution in [-0.4, -0.2) is 31.0 Å². The van der Waals surface area contributed by atoms with Crippen LogP contribution in [0.3, 0.4) is 0 Å². The third-order valence-corrected chi connectivity index (χ3v) is 4.11. The number of amides is 2. The first-order valence-corrected chi connectivity index (χ1v) is 9.41. The SMILES string of the molecule is CC(=O)N(CCC(=O)NCCc1ccc(F)cc1)c1ccc(OC(C)C)cc1. The van der Waals surface area contributed by atoms with Crippen molar-refractivity contribution in [1.82, 2.24) is 5.32 Å². The van der Waals surface area contributed by atoms with Gasteiger partial charge in [0, 0.05) is 32.1 Å². The van der Waals surface area contributed by atoms with Gasteiger partial charge in [0.1, 0.15) is 11.6 Å². The Bertz CT molecular complexity index is 773. The molecule has 0 fully saturated rings. The smallest absolute Gasteiger partial charge is 0.223 e. The van der Waals surface area contributed by atoms with Crippen LogP contribution in [-0.2, 0) is 16.0 Å². The molecule has 2 aromatic rings. The maximum Gasteiger partial charge on any atom is 0.223 e. The van der Waals surface area contributed by atoms with Crippen LogP contribution in [0.25, 0.3) is 0 Å². The number of carbonyl (C=O) groups is 2. The molecule has 5 nitrogen and oxygen atoms in total. The average molecular weight is 386 g/mol. The highest BCUT2D eigenvalue weighted by molar-refractivity contribution is 5.92. The summed E-state index contributed by atoms with van der Waals surface area (Å²) in [6.07, 6.45) is 0.904. The summed E-state index contributed by atoms with van der Waals surface area (Å²) >= 11 is 0. The molecule has 6 heteroatoms. The molecule has 0 spiro atoms. The molecular formula is C22H27FN2O3. The minimum absolute atomic E-state index is 0.0772. The van der Waals surface area contributed by atoms with Crippen molar-refractivity contribution in [3.8, 4) is 5.75 Å². The minimum atomic E-state index is -0.277. The van der Waals surface area contributed by atoms with E-state index in [9.17, 15) is 14.0 Å². The summed E-state index contributed by atoms with van der Waals surface area (Å²) in [5.74, 6) is 0.200. The second-order valence-electron chi connectivity index (χ2n) is 6.81. The first-order chi connectivity index (χ1) is 13.3. The van der Waals surface area contributed by atoms with Crippen LogP contribution >= 0.6 is 0 Å². The monoisotopic (exact) mass is 386 g/mol. The fourth-order valence-corrected chi connectivity index (χ4v) is 2.74. The number of benzene rings is 2. The lowest BCUT2D eigenvalue weighted by Crippen LogP contribution is -2.34. The zero-order valence-electron chi connectivity index (χ0n) is 16.6. The van der Waals surface area contributed by atoms with Crippen LogP contribution < -0.4 is 15.0 Å². The molecule has 1 N–H and O–H groups in total. The predicted molar refractivity (Wildman–Crippen MR) is 108 cm³/mol. The molecule has 28 heavy (non-hydrogen) atoms. The molecule has 150 valence electrons. The zero-order chi connectivity index (χ0) is 20.5. The second kappa shape index (κ2) is 10.4. The van der Waals surface area contributed by atoms with E-state index in [2.05, 4.69) is 5.32 Å². The molecule has 0 saturated carbocycles. The van der Waals surface area contributed by atoms with Gasteiger partial charge in [0.2, 0.25) is 11.8 Å². The normalized spacial score (nSPS) is 10.6. The van der Waals surface area contributed by atoms with Crippen LogP contribution in [0.4, 0.5) is 10.1 Å². The van der Waals surface area contributed by atoms with Crippen molar-refractivity contribution in [3.63, 3.8) is 0 Å². The van der Waals surface area contributed by atoms with E-state index in [0.29, 0.717) is 19.5 Å². The lowest BCUT2D eigenvalue weighted by molar-refractivity contribution is -0.121. The van der Waals surface area contributed by atoms with E-state index in [1.165, 1.54) is 19.1 Å². The zero-order valence-corrected chi connectivity index (χ0v) is 16.6. The number of nitrogens with zero attached hydrogens (tertiary/aromatic N) is 1. The lowest BCUT2D eigenvalue weighted by Gasteiger charge is -2.21. The van der Waals surface area contributed by atoms with Gasteiger partial charge in [-0.2, -0.15) is 0 Å². The van der Waals surface area contributed by atoms with Gasteiger partial charge in [-0.05, 0) is 62.2 Å². The van der Waals surface area contributed by atoms with E-state index < -0.39 is 0 Å². The molecule has 2 aromatic carbocycles. The molecule has 0 unspecified atom stereocenters. The van der Waals surface area contributed by atoms with Gasteiger partial charge >= 0.3 is 0 Å². The largest absolute Gasteiger partial charge is 0.491 e. The number of halogens is 1. The molecule has 2 rings (SSSR count). The maximum absolute atomic E-state index is 12.9. The van der Waals surface area contributed by atoms with Crippen molar-refractivity contribution < 1.29 is 18.7 Å². The van der Waals surface area contributed by atoms with Crippen molar-refractivity contribution >= 4 is 17.5 Å². The Labute approximate surface area is 165 Å². The third-order valence-electron chi connectivity index (χ3n) is 4.11. The summed E-state index contributed by atoms with van der Waals surface area (Å²) in [4.78, 5) is 25.6. The summed E-state index contributed by atoms with van der Waals surface area (Å²) in [5.41, 5.74) is 1.68. The third kappa shape index (κ3) is 7.02. The number of ether oxygens (including phenoxy) is 1. The van der Waals surface area contributed by atoms with Gasteiger partial charge in [0.25, 0.3) is 0 Å². The summed E-state index contributed by atoms with van der Waals surface area (Å²) in [6.45, 7) is 6.13. The van der Waals surface area contributed by atoms with E-state index in [-0.39, 0.29) is 30.2 Å². The molecule has 0 saturated heterocycles. The van der Waals surface area contributed by atoms with Crippen molar-refractivity contribution in [2.75, 3.05) is 18.0 Å². The van der Waals surface area contributed by atoms with E-state index in [1.54, 1.807) is 17.0 Å². The first-order valence-electron chi connectivity index (χ1n) is 9.41. The molecule has 0 bridgehead atoms. The number of carbonyl (C=O) groups excluding carboxylic acids is 2. The highest BCUT2D eigenvalue weighted by Gasteiger charge is 2.13. The van der Waals surface area contributed by atoms with Crippen molar-refractivity contribution in [3.05, 3.63) is 59.9 Å². The van der Waals surface area contributed by atoms with Crippen molar-refractivity contribution in [2.45, 2.75) is 39.7 Å². The molecule has 0 aliphatic heterocycles. The van der Waals surface area contributed by atoms with Gasteiger partial charge in [-0.1, -0.05) is 12.1 Å². The van der Waals surface area contributed by atoms with Crippen LogP contribution in [0.2, 0.25) is 0 Å². The Hall–Kier alpha value is -2.89. The lowest BCUT2D eigenvalue weighted by atomic mass is 10.1. The maximum atomic E-state index is 12.9. The van der Waals surface area contributed by atoms with Crippen LogP contribution in [0.15, 0.2) is 48.5 Å². The standard InChI is InChI=1S/C22H27FN2O3/c1-16(2)28-21-10-8-20(9-11-21)25(17(3)26)15-13-22(27)24-14-12-18-4-6-19(23)7-5-18/h4-11,16H,12-15H2,1-3H3,(H,24,27). The molecule has 0 aliphatic rings. The Balaban J connectivity index is 1.82. The van der Waals surface area contributed by atoms with Gasteiger partial charge in [-0.25, -0.2) is 4.39 Å². The Morgan fingerprint density at radius 2 is 1.71 bits per heavy atom. The molecule has 0 heterocycles. The molecule has 0 atom stereocenters. The van der Waals surface area contributed by atoms with Crippen molar-refractivity contribution in [1.29, 1.82) is 0 Å². The van der Waals surface area contributed by atoms with Gasteiger partial charge in [0.15, 0.2) is 0 Å². The fourth-order valence-electron chi connectivity index (χ4n) is 2.74. The minimum Gasteiger partial charge on any atom is -0.491 e. The Morgan fingerprint density at radius 3 is 2.29 bits per heavy atom. The highest BCUT2D eigenvalue weighted by Crippen LogP contribution is 2.20. The average Bonchev–Trinajstić information content (AvgIpc) is 2.64. The van der Waals surface area contributed by atoms with Gasteiger partial charge in [-0.15, -0.1) is 0 Å². The van der Waals surface area contributed by atoms with Crippen LogP contribution in [0, 0.1) is 5.82 Å². The molecule has 0 radical (unpaired) electrons. The van der Waals surface area contributed by atoms with Crippen LogP contribution in [0.1, 0.15) is 32.8 Å². The van der Waals surface area contributed by atoms with E-state index in [4.69, 9.17) is 4.74 Å². The van der Waals surface area contributed by atoms with Crippen LogP contribution in [0.5, 0.6) is 5.75 Å². The molecule has 0 aromatic heterocycles. The van der Waals surface area contributed by atoms with Gasteiger partial charge in [0.05, 0.1) is 6.10 Å². The number of hydrogen-bond donors (Lipinski definition) is 1. The predicted octanol–water partition coefficient (Wildman–Crippen LogP) is 3.71. The summed E-state index contributed by atoms with van der Waals surface area (Å²) in [5, 5.41) is 2.83. The fraction of sp³-hybridized carbons (Fsp3) is 0.364. The van der Waals surface area contributed by atoms with E-state index in [1.807, 2.05) is 38.1 Å². The second-order valence-corrected chi connectivity index (χ2v) is 6.81. The molecule has 2 amide bonds. The molecular weight excluding hydrogens is 359 g/mol. The number of anilines is 1. The summed E-state index contributed by atoms with van der Waals surface area (Å²) in [7, 11) is 0. The Morgan fingerprint density at radius 1 is 1.07 bits per heavy atom. The summed E-state index contributed by atoms with van der Waals surface area (Å²) < 4.78 is 18.5. The van der Waals surface area contributed by atoms with Gasteiger partial charge < -0.3 is 15.0 Å². The van der Waals surface area contributed by atoms with E-state index in [0.717, 1.165) is 17.0 Å². The number of hydrogen-bond acceptors (Lipinski definition) is 3. The first kappa shape index (κ1) is 21.4.